The van der Waals surface area contributed by atoms with Crippen LogP contribution in [-0.4, -0.2) is 18.9 Å². The molecule has 22 heavy (non-hydrogen) atoms. The van der Waals surface area contributed by atoms with E-state index in [1.807, 2.05) is 19.1 Å². The lowest BCUT2D eigenvalue weighted by atomic mass is 10.2. The zero-order valence-electron chi connectivity index (χ0n) is 12.4. The van der Waals surface area contributed by atoms with Crippen molar-refractivity contribution in [3.63, 3.8) is 0 Å². The van der Waals surface area contributed by atoms with Crippen LogP contribution in [0, 0.1) is 6.92 Å². The predicted octanol–water partition coefficient (Wildman–Crippen LogP) is 3.17. The van der Waals surface area contributed by atoms with E-state index in [1.165, 1.54) is 6.07 Å². The number of carbonyl (C=O) groups excluding carboxylic acids is 2. The molecule has 2 N–H and O–H groups in total. The summed E-state index contributed by atoms with van der Waals surface area (Å²) in [7, 11) is 1.54. The minimum atomic E-state index is -0.229. The van der Waals surface area contributed by atoms with Crippen molar-refractivity contribution in [2.24, 2.45) is 0 Å². The maximum atomic E-state index is 11.9. The summed E-state index contributed by atoms with van der Waals surface area (Å²) in [6, 6.07) is 8.46. The molecule has 0 radical (unpaired) electrons. The number of furan rings is 1. The van der Waals surface area contributed by atoms with Crippen molar-refractivity contribution in [3.8, 4) is 0 Å². The summed E-state index contributed by atoms with van der Waals surface area (Å²) in [5.41, 5.74) is 0.923. The van der Waals surface area contributed by atoms with E-state index in [4.69, 9.17) is 16.0 Å². The molecule has 6 heteroatoms. The molecule has 0 bridgehead atoms. The summed E-state index contributed by atoms with van der Waals surface area (Å²) in [4.78, 5) is 23.4. The number of hydrogen-bond acceptors (Lipinski definition) is 3. The normalized spacial score (nSPS) is 10.3. The maximum absolute atomic E-state index is 11.9. The van der Waals surface area contributed by atoms with Gasteiger partial charge in [-0.2, -0.15) is 0 Å². The fourth-order valence-electron chi connectivity index (χ4n) is 1.97. The predicted molar refractivity (Wildman–Crippen MR) is 85.2 cm³/mol. The highest BCUT2D eigenvalue weighted by Crippen LogP contribution is 2.23. The number of aryl methyl sites for hydroxylation is 2. The molecule has 2 aromatic rings. The van der Waals surface area contributed by atoms with E-state index in [2.05, 4.69) is 10.6 Å². The molecule has 0 spiro atoms. The summed E-state index contributed by atoms with van der Waals surface area (Å²) in [5, 5.41) is 5.56. The van der Waals surface area contributed by atoms with E-state index >= 15 is 0 Å². The Morgan fingerprint density at radius 3 is 2.59 bits per heavy atom. The van der Waals surface area contributed by atoms with Crippen molar-refractivity contribution in [2.45, 2.75) is 19.8 Å². The van der Waals surface area contributed by atoms with Crippen molar-refractivity contribution in [1.29, 1.82) is 0 Å². The van der Waals surface area contributed by atoms with Gasteiger partial charge in [-0.1, -0.05) is 11.6 Å². The second-order valence-electron chi connectivity index (χ2n) is 4.83. The lowest BCUT2D eigenvalue weighted by Crippen LogP contribution is -2.18. The van der Waals surface area contributed by atoms with Crippen LogP contribution in [0.25, 0.3) is 0 Å². The van der Waals surface area contributed by atoms with Gasteiger partial charge in [-0.25, -0.2) is 0 Å². The fraction of sp³-hybridized carbons (Fsp3) is 0.250. The number of anilines is 1. The van der Waals surface area contributed by atoms with Crippen LogP contribution in [0.2, 0.25) is 5.02 Å². The van der Waals surface area contributed by atoms with Crippen molar-refractivity contribution < 1.29 is 14.0 Å². The first-order chi connectivity index (χ1) is 10.5. The number of amides is 2. The monoisotopic (exact) mass is 320 g/mol. The van der Waals surface area contributed by atoms with Crippen molar-refractivity contribution in [3.05, 3.63) is 52.4 Å². The van der Waals surface area contributed by atoms with Crippen LogP contribution in [0.5, 0.6) is 0 Å². The van der Waals surface area contributed by atoms with E-state index in [0.29, 0.717) is 29.1 Å². The molecule has 0 atom stereocenters. The Balaban J connectivity index is 1.95. The Hall–Kier alpha value is -2.27. The van der Waals surface area contributed by atoms with Crippen LogP contribution in [-0.2, 0) is 11.2 Å². The van der Waals surface area contributed by atoms with Crippen LogP contribution < -0.4 is 10.6 Å². The molecule has 0 aliphatic carbocycles. The average molecular weight is 321 g/mol. The Morgan fingerprint density at radius 2 is 2.00 bits per heavy atom. The minimum Gasteiger partial charge on any atom is -0.466 e. The molecule has 0 saturated carbocycles. The summed E-state index contributed by atoms with van der Waals surface area (Å²) < 4.78 is 5.41. The topological polar surface area (TPSA) is 71.3 Å². The Morgan fingerprint density at radius 1 is 1.23 bits per heavy atom. The maximum Gasteiger partial charge on any atom is 0.251 e. The Labute approximate surface area is 133 Å². The molecule has 1 aromatic carbocycles. The van der Waals surface area contributed by atoms with Crippen molar-refractivity contribution in [2.75, 3.05) is 12.4 Å². The van der Waals surface area contributed by atoms with Gasteiger partial charge in [0, 0.05) is 25.5 Å². The molecule has 1 aromatic heterocycles. The van der Waals surface area contributed by atoms with Crippen LogP contribution in [0.4, 0.5) is 5.69 Å². The first kappa shape index (κ1) is 16.1. The number of nitrogens with one attached hydrogen (secondary N) is 2. The first-order valence-corrected chi connectivity index (χ1v) is 7.24. The van der Waals surface area contributed by atoms with E-state index in [1.54, 1.807) is 19.2 Å². The number of halogens is 1. The molecule has 5 nitrogen and oxygen atoms in total. The van der Waals surface area contributed by atoms with E-state index in [-0.39, 0.29) is 11.8 Å². The lowest BCUT2D eigenvalue weighted by molar-refractivity contribution is -0.116. The lowest BCUT2D eigenvalue weighted by Gasteiger charge is -2.08. The molecule has 0 aliphatic rings. The molecule has 0 aliphatic heterocycles. The highest BCUT2D eigenvalue weighted by atomic mass is 35.5. The number of rotatable bonds is 5. The highest BCUT2D eigenvalue weighted by Gasteiger charge is 2.10. The second-order valence-corrected chi connectivity index (χ2v) is 5.24. The van der Waals surface area contributed by atoms with Crippen LogP contribution in [0.1, 0.15) is 28.3 Å². The molecular weight excluding hydrogens is 304 g/mol. The smallest absolute Gasteiger partial charge is 0.251 e. The second kappa shape index (κ2) is 7.13. The van der Waals surface area contributed by atoms with Gasteiger partial charge in [0.1, 0.15) is 11.5 Å². The Bertz CT molecular complexity index is 694. The summed E-state index contributed by atoms with van der Waals surface area (Å²) >= 11 is 6.08. The molecule has 1 heterocycles. The van der Waals surface area contributed by atoms with E-state index in [9.17, 15) is 9.59 Å². The molecule has 2 amide bonds. The third-order valence-corrected chi connectivity index (χ3v) is 3.44. The largest absolute Gasteiger partial charge is 0.466 e. The fourth-order valence-corrected chi connectivity index (χ4v) is 2.20. The van der Waals surface area contributed by atoms with Gasteiger partial charge in [0.05, 0.1) is 10.7 Å². The summed E-state index contributed by atoms with van der Waals surface area (Å²) in [6.07, 6.45) is 0.814. The molecule has 0 saturated heterocycles. The molecule has 0 fully saturated rings. The highest BCUT2D eigenvalue weighted by molar-refractivity contribution is 6.34. The quantitative estimate of drug-likeness (QED) is 0.888. The molecule has 2 rings (SSSR count). The van der Waals surface area contributed by atoms with Gasteiger partial charge < -0.3 is 15.1 Å². The number of carbonyl (C=O) groups is 2. The van der Waals surface area contributed by atoms with Crippen LogP contribution in [0.3, 0.4) is 0 Å². The van der Waals surface area contributed by atoms with Gasteiger partial charge in [-0.05, 0) is 37.3 Å². The van der Waals surface area contributed by atoms with Gasteiger partial charge in [-0.3, -0.25) is 9.59 Å². The molecule has 116 valence electrons. The van der Waals surface area contributed by atoms with Gasteiger partial charge in [0.15, 0.2) is 0 Å². The van der Waals surface area contributed by atoms with Gasteiger partial charge >= 0.3 is 0 Å². The zero-order valence-corrected chi connectivity index (χ0v) is 13.2. The molecular formula is C16H17ClN2O3. The standard InChI is InChI=1S/C16H17ClN2O3/c1-10-3-5-12(22-10)6-8-15(20)19-14-7-4-11(9-13(14)17)16(21)18-2/h3-5,7,9H,6,8H2,1-2H3,(H,18,21)(H,19,20). The number of hydrogen-bond donors (Lipinski definition) is 2. The first-order valence-electron chi connectivity index (χ1n) is 6.86. The average Bonchev–Trinajstić information content (AvgIpc) is 2.92. The van der Waals surface area contributed by atoms with E-state index < -0.39 is 0 Å². The van der Waals surface area contributed by atoms with Gasteiger partial charge in [0.25, 0.3) is 5.91 Å². The summed E-state index contributed by atoms with van der Waals surface area (Å²) in [6.45, 7) is 1.86. The Kier molecular flexibility index (Phi) is 5.22. The number of benzene rings is 1. The van der Waals surface area contributed by atoms with E-state index in [0.717, 1.165) is 11.5 Å². The van der Waals surface area contributed by atoms with Crippen LogP contribution >= 0.6 is 11.6 Å². The SMILES string of the molecule is CNC(=O)c1ccc(NC(=O)CCc2ccc(C)o2)c(Cl)c1. The zero-order chi connectivity index (χ0) is 16.1. The van der Waals surface area contributed by atoms with Crippen LogP contribution in [0.15, 0.2) is 34.7 Å². The minimum absolute atomic E-state index is 0.163. The van der Waals surface area contributed by atoms with Crippen molar-refractivity contribution >= 4 is 29.1 Å². The third-order valence-electron chi connectivity index (χ3n) is 3.13. The van der Waals surface area contributed by atoms with Gasteiger partial charge in [0.2, 0.25) is 5.91 Å². The molecule has 0 unspecified atom stereocenters. The third kappa shape index (κ3) is 4.11. The van der Waals surface area contributed by atoms with Crippen molar-refractivity contribution in [1.82, 2.24) is 5.32 Å². The van der Waals surface area contributed by atoms with Gasteiger partial charge in [-0.15, -0.1) is 0 Å². The summed E-state index contributed by atoms with van der Waals surface area (Å²) in [5.74, 6) is 1.20.